The maximum Gasteiger partial charge on any atom is 0.482 e. The Labute approximate surface area is 258 Å². The molecule has 12 atom stereocenters. The van der Waals surface area contributed by atoms with Gasteiger partial charge in [0, 0.05) is 7.11 Å². The Morgan fingerprint density at radius 2 is 1.91 bits per heavy atom. The number of likely N-dealkylation sites (N-methyl/N-ethyl adjacent to an activating group) is 1. The minimum atomic E-state index is -5.45. The van der Waals surface area contributed by atoms with Gasteiger partial charge in [-0.05, 0) is 27.2 Å². The van der Waals surface area contributed by atoms with Crippen LogP contribution >= 0.6 is 26.9 Å². The highest BCUT2D eigenvalue weighted by Gasteiger charge is 2.57. The third kappa shape index (κ3) is 7.98. The van der Waals surface area contributed by atoms with Crippen LogP contribution in [0, 0.1) is 0 Å². The van der Waals surface area contributed by atoms with Crippen LogP contribution in [0.3, 0.4) is 0 Å². The van der Waals surface area contributed by atoms with Crippen molar-refractivity contribution in [3.8, 4) is 0 Å². The molecule has 2 fully saturated rings. The molecule has 3 heterocycles. The standard InChI is InChI=1S/C22H39N5O14P2S/c1-6-24-13-12(25-9-26-20(13)23)19-22(2,36-5)18(27(3)4)11(38-19)8-37-43(35,44)41-42(33,34)40-21-16(32)14(30)15(31)17(39-21)10(29)7-28/h6,9-11,14-19,21,24,28-32H,1,7-8H2,2-5H3,(H,33,34)(H,35,44)(H2,23,25,26)/t10-,11+,14?,15?,16?,17?,18+,19?,21?,22+,43?/m0/s1. The molecule has 0 aliphatic carbocycles. The summed E-state index contributed by atoms with van der Waals surface area (Å²) in [5.74, 6) is 0.108. The number of aromatic nitrogens is 2. The van der Waals surface area contributed by atoms with Crippen LogP contribution in [0.25, 0.3) is 0 Å². The Hall–Kier alpha value is -1.29. The molecule has 8 unspecified atom stereocenters. The number of hydrogen-bond acceptors (Lipinski definition) is 18. The summed E-state index contributed by atoms with van der Waals surface area (Å²) in [6, 6.07) is -0.607. The maximum absolute atomic E-state index is 13.1. The first-order valence-corrected chi connectivity index (χ1v) is 17.1. The van der Waals surface area contributed by atoms with Crippen molar-refractivity contribution >= 4 is 38.4 Å². The van der Waals surface area contributed by atoms with Crippen molar-refractivity contribution in [2.24, 2.45) is 0 Å². The van der Waals surface area contributed by atoms with Crippen molar-refractivity contribution in [1.29, 1.82) is 0 Å². The number of aliphatic hydroxyl groups is 5. The van der Waals surface area contributed by atoms with Crippen LogP contribution < -0.4 is 11.1 Å². The van der Waals surface area contributed by atoms with Crippen LogP contribution in [0.4, 0.5) is 11.5 Å². The molecule has 252 valence electrons. The lowest BCUT2D eigenvalue weighted by molar-refractivity contribution is -0.292. The number of nitrogens with zero attached hydrogens (tertiary/aromatic N) is 3. The van der Waals surface area contributed by atoms with Crippen molar-refractivity contribution in [2.75, 3.05) is 45.5 Å². The van der Waals surface area contributed by atoms with Crippen molar-refractivity contribution in [1.82, 2.24) is 14.9 Å². The zero-order chi connectivity index (χ0) is 33.2. The number of methoxy groups -OCH3 is 1. The van der Waals surface area contributed by atoms with E-state index in [9.17, 15) is 34.4 Å². The average Bonchev–Trinajstić information content (AvgIpc) is 3.25. The van der Waals surface area contributed by atoms with Crippen LogP contribution in [0.15, 0.2) is 19.1 Å². The Morgan fingerprint density at radius 3 is 2.48 bits per heavy atom. The molecule has 2 saturated heterocycles. The van der Waals surface area contributed by atoms with Gasteiger partial charge in [0.25, 0.3) is 0 Å². The molecule has 0 bridgehead atoms. The fourth-order valence-corrected chi connectivity index (χ4v) is 8.35. The number of aliphatic hydroxyl groups excluding tert-OH is 5. The molecule has 0 amide bonds. The van der Waals surface area contributed by atoms with Crippen LogP contribution in [0.1, 0.15) is 18.7 Å². The molecule has 44 heavy (non-hydrogen) atoms. The summed E-state index contributed by atoms with van der Waals surface area (Å²) in [6.07, 6.45) is -11.0. The average molecular weight is 692 g/mol. The molecule has 1 aromatic rings. The second-order valence-corrected chi connectivity index (χ2v) is 14.8. The molecule has 0 radical (unpaired) electrons. The van der Waals surface area contributed by atoms with E-state index in [1.807, 2.05) is 0 Å². The van der Waals surface area contributed by atoms with Gasteiger partial charge in [-0.3, -0.25) is 9.05 Å². The van der Waals surface area contributed by atoms with E-state index >= 15 is 0 Å². The summed E-state index contributed by atoms with van der Waals surface area (Å²) in [4.78, 5) is 20.3. The fraction of sp³-hybridized carbons (Fsp3) is 0.727. The number of thiol groups is 1. The van der Waals surface area contributed by atoms with E-state index in [4.69, 9.17) is 34.1 Å². The van der Waals surface area contributed by atoms with Crippen molar-refractivity contribution in [2.45, 2.75) is 67.6 Å². The van der Waals surface area contributed by atoms with E-state index in [0.717, 1.165) is 0 Å². The second-order valence-electron chi connectivity index (χ2n) is 10.3. The van der Waals surface area contributed by atoms with Crippen LogP contribution in [-0.2, 0) is 36.7 Å². The van der Waals surface area contributed by atoms with Gasteiger partial charge < -0.3 is 60.6 Å². The smallest absolute Gasteiger partial charge is 0.394 e. The number of nitrogens with two attached hydrogens (primary N) is 1. The zero-order valence-corrected chi connectivity index (χ0v) is 26.9. The largest absolute Gasteiger partial charge is 0.482 e. The van der Waals surface area contributed by atoms with Crippen molar-refractivity contribution < 1.29 is 67.1 Å². The van der Waals surface area contributed by atoms with Gasteiger partial charge in [-0.25, -0.2) is 19.1 Å². The molecule has 9 N–H and O–H groups in total. The highest BCUT2D eigenvalue weighted by atomic mass is 32.7. The van der Waals surface area contributed by atoms with Gasteiger partial charge in [0.05, 0.1) is 19.3 Å². The highest BCUT2D eigenvalue weighted by Crippen LogP contribution is 2.66. The summed E-state index contributed by atoms with van der Waals surface area (Å²) in [6.45, 7) is -0.821. The van der Waals surface area contributed by atoms with E-state index in [-0.39, 0.29) is 5.82 Å². The van der Waals surface area contributed by atoms with E-state index in [1.54, 1.807) is 25.9 Å². The molecule has 0 saturated carbocycles. The third-order valence-electron chi connectivity index (χ3n) is 7.19. The molecule has 1 aromatic heterocycles. The van der Waals surface area contributed by atoms with Crippen LogP contribution in [-0.4, -0.2) is 134 Å². The Kier molecular flexibility index (Phi) is 12.4. The summed E-state index contributed by atoms with van der Waals surface area (Å²) >= 11 is 3.76. The Bertz CT molecular complexity index is 1250. The van der Waals surface area contributed by atoms with E-state index in [0.29, 0.717) is 11.4 Å². The van der Waals surface area contributed by atoms with Gasteiger partial charge in [0.15, 0.2) is 12.1 Å². The molecule has 0 aromatic carbocycles. The van der Waals surface area contributed by atoms with Gasteiger partial charge in [0.2, 0.25) is 0 Å². The van der Waals surface area contributed by atoms with Gasteiger partial charge >= 0.3 is 14.6 Å². The predicted octanol–water partition coefficient (Wildman–Crippen LogP) is -1.26. The van der Waals surface area contributed by atoms with Gasteiger partial charge in [0.1, 0.15) is 66.0 Å². The Balaban J connectivity index is 1.78. The first-order chi connectivity index (χ1) is 20.4. The first kappa shape index (κ1) is 37.2. The number of hydrogen-bond donors (Lipinski definition) is 9. The van der Waals surface area contributed by atoms with E-state index in [2.05, 4.69) is 38.4 Å². The molecule has 19 nitrogen and oxygen atoms in total. The van der Waals surface area contributed by atoms with Crippen molar-refractivity contribution in [3.63, 3.8) is 0 Å². The van der Waals surface area contributed by atoms with Crippen molar-refractivity contribution in [3.05, 3.63) is 24.8 Å². The molecular formula is C22H39N5O14P2S. The first-order valence-electron chi connectivity index (χ1n) is 13.0. The Morgan fingerprint density at radius 1 is 1.25 bits per heavy atom. The number of anilines is 2. The normalized spacial score (nSPS) is 36.0. The minimum absolute atomic E-state index is 0.108. The molecule has 0 spiro atoms. The number of rotatable bonds is 14. The number of nitrogens with one attached hydrogen (secondary N) is 1. The lowest BCUT2D eigenvalue weighted by atomic mass is 9.87. The molecular weight excluding hydrogens is 652 g/mol. The van der Waals surface area contributed by atoms with E-state index in [1.165, 1.54) is 19.6 Å². The predicted molar refractivity (Wildman–Crippen MR) is 155 cm³/mol. The quantitative estimate of drug-likeness (QED) is 0.0813. The summed E-state index contributed by atoms with van der Waals surface area (Å²) < 4.78 is 57.7. The minimum Gasteiger partial charge on any atom is -0.394 e. The van der Waals surface area contributed by atoms with Gasteiger partial charge in [-0.2, -0.15) is 4.31 Å². The monoisotopic (exact) mass is 691 g/mol. The second kappa shape index (κ2) is 14.6. The van der Waals surface area contributed by atoms with E-state index < -0.39 is 88.5 Å². The SMILES string of the molecule is C=CNc1c(N)ncnc1C1O[C@H](COP(=O)(S)OP(=O)(O)OC2OC([C@@H](O)CO)C(O)C(O)C2O)[C@@H](N(C)C)[C@@]1(C)OC. The highest BCUT2D eigenvalue weighted by molar-refractivity contribution is 8.45. The summed E-state index contributed by atoms with van der Waals surface area (Å²) in [5.41, 5.74) is 5.54. The maximum atomic E-state index is 13.1. The lowest BCUT2D eigenvalue weighted by Crippen LogP contribution is -2.61. The number of phosphoric acid groups is 1. The number of nitrogen functional groups attached to an aromatic ring is 1. The summed E-state index contributed by atoms with van der Waals surface area (Å²) in [5, 5.41) is 52.1. The van der Waals surface area contributed by atoms with Crippen LogP contribution in [0.5, 0.6) is 0 Å². The van der Waals surface area contributed by atoms with Gasteiger partial charge in [-0.15, -0.1) is 0 Å². The topological polar surface area (TPSA) is 278 Å². The molecule has 3 rings (SSSR count). The molecule has 2 aliphatic rings. The molecule has 2 aliphatic heterocycles. The fourth-order valence-electron chi connectivity index (χ4n) is 5.16. The lowest BCUT2D eigenvalue weighted by Gasteiger charge is -2.41. The zero-order valence-electron chi connectivity index (χ0n) is 24.2. The number of phosphoric ester groups is 1. The molecule has 22 heteroatoms. The summed E-state index contributed by atoms with van der Waals surface area (Å²) in [7, 11) is -0.539. The third-order valence-corrected chi connectivity index (χ3v) is 10.8. The number of ether oxygens (including phenoxy) is 3. The van der Waals surface area contributed by atoms with Crippen LogP contribution in [0.2, 0.25) is 0 Å². The van der Waals surface area contributed by atoms with Gasteiger partial charge in [-0.1, -0.05) is 18.8 Å².